The number of hydrogen-bond acceptors (Lipinski definition) is 7. The highest BCUT2D eigenvalue weighted by atomic mass is 16.6. The molecule has 182 valence electrons. The van der Waals surface area contributed by atoms with Gasteiger partial charge < -0.3 is 4.74 Å². The Labute approximate surface area is 201 Å². The number of methoxy groups -OCH3 is 1. The number of carbonyl (C=O) groups excluding carboxylic acids is 4. The van der Waals surface area contributed by atoms with Crippen LogP contribution in [-0.2, 0) is 9.59 Å². The van der Waals surface area contributed by atoms with Crippen LogP contribution < -0.4 is 4.74 Å². The molecule has 3 atom stereocenters. The van der Waals surface area contributed by atoms with Gasteiger partial charge in [-0.2, -0.15) is 5.01 Å². The quantitative estimate of drug-likeness (QED) is 0.258. The van der Waals surface area contributed by atoms with Gasteiger partial charge in [-0.3, -0.25) is 29.3 Å². The van der Waals surface area contributed by atoms with E-state index in [-0.39, 0.29) is 22.7 Å². The molecule has 4 rings (SSSR count). The van der Waals surface area contributed by atoms with Gasteiger partial charge in [-0.25, -0.2) is 5.01 Å². The van der Waals surface area contributed by atoms with Crippen LogP contribution >= 0.6 is 0 Å². The zero-order valence-corrected chi connectivity index (χ0v) is 19.4. The molecule has 0 unspecified atom stereocenters. The van der Waals surface area contributed by atoms with Gasteiger partial charge in [-0.1, -0.05) is 25.1 Å². The highest BCUT2D eigenvalue weighted by Crippen LogP contribution is 2.41. The van der Waals surface area contributed by atoms with Crippen LogP contribution in [0.3, 0.4) is 0 Å². The van der Waals surface area contributed by atoms with Crippen LogP contribution in [-0.4, -0.2) is 52.1 Å². The molecular formula is C25H25N3O7. The third-order valence-corrected chi connectivity index (χ3v) is 6.63. The predicted octanol–water partition coefficient (Wildman–Crippen LogP) is 3.26. The van der Waals surface area contributed by atoms with Crippen molar-refractivity contribution in [3.05, 3.63) is 69.8 Å². The Kier molecular flexibility index (Phi) is 6.63. The van der Waals surface area contributed by atoms with Crippen molar-refractivity contribution in [1.82, 2.24) is 10.0 Å². The Bertz CT molecular complexity index is 1210. The van der Waals surface area contributed by atoms with E-state index in [4.69, 9.17) is 4.74 Å². The van der Waals surface area contributed by atoms with Gasteiger partial charge in [-0.15, -0.1) is 0 Å². The number of imide groups is 1. The van der Waals surface area contributed by atoms with Gasteiger partial charge in [0.15, 0.2) is 5.78 Å². The lowest BCUT2D eigenvalue weighted by Gasteiger charge is -2.30. The molecular weight excluding hydrogens is 454 g/mol. The number of fused-ring (bicyclic) bond motifs is 1. The first kappa shape index (κ1) is 24.1. The largest absolute Gasteiger partial charge is 0.497 e. The summed E-state index contributed by atoms with van der Waals surface area (Å²) in [6.07, 6.45) is 1.83. The maximum absolute atomic E-state index is 13.5. The van der Waals surface area contributed by atoms with Crippen molar-refractivity contribution in [3.63, 3.8) is 0 Å². The number of ketones is 1. The van der Waals surface area contributed by atoms with Crippen LogP contribution in [0.4, 0.5) is 5.69 Å². The van der Waals surface area contributed by atoms with E-state index >= 15 is 0 Å². The third-order valence-electron chi connectivity index (χ3n) is 6.63. The smallest absolute Gasteiger partial charge is 0.273 e. The first-order chi connectivity index (χ1) is 16.7. The van der Waals surface area contributed by atoms with Crippen LogP contribution in [0.1, 0.15) is 46.9 Å². The predicted molar refractivity (Wildman–Crippen MR) is 123 cm³/mol. The fraction of sp³-hybridized carbons (Fsp3) is 0.360. The Morgan fingerprint density at radius 2 is 1.74 bits per heavy atom. The Morgan fingerprint density at radius 3 is 2.46 bits per heavy atom. The number of Topliss-reactive ketones (excluding diaryl/α,β-unsaturated/α-hetero) is 1. The van der Waals surface area contributed by atoms with Gasteiger partial charge in [0.25, 0.3) is 23.4 Å². The number of benzene rings is 2. The molecule has 1 saturated heterocycles. The zero-order valence-electron chi connectivity index (χ0n) is 19.4. The zero-order chi connectivity index (χ0) is 25.3. The van der Waals surface area contributed by atoms with Crippen molar-refractivity contribution >= 4 is 29.2 Å². The van der Waals surface area contributed by atoms with Crippen molar-refractivity contribution in [2.75, 3.05) is 13.7 Å². The number of amides is 3. The number of hydrazine groups is 1. The van der Waals surface area contributed by atoms with E-state index in [0.717, 1.165) is 22.5 Å². The summed E-state index contributed by atoms with van der Waals surface area (Å²) in [4.78, 5) is 63.9. The van der Waals surface area contributed by atoms with Gasteiger partial charge in [-0.05, 0) is 43.4 Å². The molecule has 1 aliphatic heterocycles. The molecule has 10 nitrogen and oxygen atoms in total. The number of rotatable bonds is 7. The lowest BCUT2D eigenvalue weighted by Crippen LogP contribution is -2.52. The molecule has 0 aromatic heterocycles. The molecule has 2 aromatic rings. The van der Waals surface area contributed by atoms with Gasteiger partial charge in [0.2, 0.25) is 0 Å². The summed E-state index contributed by atoms with van der Waals surface area (Å²) in [5.74, 6) is -2.84. The van der Waals surface area contributed by atoms with Crippen LogP contribution in [0.5, 0.6) is 5.75 Å². The first-order valence-corrected chi connectivity index (χ1v) is 11.3. The number of nitro benzene ring substituents is 1. The summed E-state index contributed by atoms with van der Waals surface area (Å²) >= 11 is 0. The summed E-state index contributed by atoms with van der Waals surface area (Å²) in [7, 11) is 1.45. The fourth-order valence-electron chi connectivity index (χ4n) is 4.77. The monoisotopic (exact) mass is 479 g/mol. The highest BCUT2D eigenvalue weighted by Gasteiger charge is 2.52. The van der Waals surface area contributed by atoms with E-state index in [2.05, 4.69) is 0 Å². The maximum Gasteiger partial charge on any atom is 0.273 e. The van der Waals surface area contributed by atoms with Crippen molar-refractivity contribution in [2.24, 2.45) is 17.8 Å². The topological polar surface area (TPSA) is 127 Å². The molecule has 1 saturated carbocycles. The summed E-state index contributed by atoms with van der Waals surface area (Å²) in [5, 5.41) is 12.8. The lowest BCUT2D eigenvalue weighted by atomic mass is 9.76. The second-order valence-electron chi connectivity index (χ2n) is 8.94. The molecule has 2 aliphatic rings. The number of nitrogens with zero attached hydrogens (tertiary/aromatic N) is 3. The lowest BCUT2D eigenvalue weighted by molar-refractivity contribution is -0.384. The van der Waals surface area contributed by atoms with Gasteiger partial charge in [0, 0.05) is 23.3 Å². The van der Waals surface area contributed by atoms with Crippen molar-refractivity contribution in [1.29, 1.82) is 0 Å². The molecule has 1 aliphatic carbocycles. The molecule has 2 fully saturated rings. The van der Waals surface area contributed by atoms with Crippen molar-refractivity contribution in [2.45, 2.75) is 26.2 Å². The average molecular weight is 479 g/mol. The van der Waals surface area contributed by atoms with E-state index in [0.29, 0.717) is 18.6 Å². The number of carbonyl (C=O) groups is 4. The normalized spacial score (nSPS) is 21.4. The number of non-ortho nitro benzene ring substituents is 1. The van der Waals surface area contributed by atoms with Crippen molar-refractivity contribution in [3.8, 4) is 5.75 Å². The molecule has 1 heterocycles. The SMILES string of the molecule is COc1cccc(C(=O)CN(C(=O)c2cccc([N+](=O)[O-])c2)N2C(=O)[C@@H]3CC[C@@H](C)C[C@H]3C2=O)c1. The van der Waals surface area contributed by atoms with Crippen molar-refractivity contribution < 1.29 is 28.8 Å². The van der Waals surface area contributed by atoms with Gasteiger partial charge >= 0.3 is 0 Å². The first-order valence-electron chi connectivity index (χ1n) is 11.3. The molecule has 0 N–H and O–H groups in total. The Balaban J connectivity index is 1.72. The van der Waals surface area contributed by atoms with E-state index in [1.54, 1.807) is 12.1 Å². The van der Waals surface area contributed by atoms with E-state index in [1.807, 2.05) is 6.92 Å². The highest BCUT2D eigenvalue weighted by molar-refractivity contribution is 6.09. The fourth-order valence-corrected chi connectivity index (χ4v) is 4.77. The van der Waals surface area contributed by atoms with E-state index in [1.165, 1.54) is 37.4 Å². The van der Waals surface area contributed by atoms with Crippen LogP contribution in [0.25, 0.3) is 0 Å². The molecule has 35 heavy (non-hydrogen) atoms. The maximum atomic E-state index is 13.5. The Hall–Kier alpha value is -4.08. The standard InChI is InChI=1S/C25H25N3O7/c1-15-9-10-20-21(11-15)25(32)27(24(20)31)26(14-22(29)16-5-4-8-19(13-16)35-2)23(30)17-6-3-7-18(12-17)28(33)34/h3-8,12-13,15,20-21H,9-11,14H2,1-2H3/t15-,20-,21-/m1/s1. The number of ether oxygens (including phenoxy) is 1. The summed E-state index contributed by atoms with van der Waals surface area (Å²) in [6, 6.07) is 11.3. The number of nitro groups is 1. The Morgan fingerprint density at radius 1 is 1.06 bits per heavy atom. The van der Waals surface area contributed by atoms with Crippen LogP contribution in [0, 0.1) is 27.9 Å². The molecule has 0 radical (unpaired) electrons. The van der Waals surface area contributed by atoms with Gasteiger partial charge in [0.05, 0.1) is 23.9 Å². The third kappa shape index (κ3) is 4.64. The summed E-state index contributed by atoms with van der Waals surface area (Å²) < 4.78 is 5.16. The van der Waals surface area contributed by atoms with Gasteiger partial charge in [0.1, 0.15) is 12.3 Å². The second kappa shape index (κ2) is 9.65. The molecule has 10 heteroatoms. The molecule has 2 aromatic carbocycles. The molecule has 0 bridgehead atoms. The molecule has 3 amide bonds. The minimum Gasteiger partial charge on any atom is -0.497 e. The summed E-state index contributed by atoms with van der Waals surface area (Å²) in [5.41, 5.74) is -0.204. The number of hydrogen-bond donors (Lipinski definition) is 0. The molecule has 0 spiro atoms. The van der Waals surface area contributed by atoms with Crippen LogP contribution in [0.15, 0.2) is 48.5 Å². The second-order valence-corrected chi connectivity index (χ2v) is 8.94. The van der Waals surface area contributed by atoms with E-state index < -0.39 is 46.8 Å². The van der Waals surface area contributed by atoms with E-state index in [9.17, 15) is 29.3 Å². The van der Waals surface area contributed by atoms with Crippen LogP contribution in [0.2, 0.25) is 0 Å². The minimum atomic E-state index is -0.849. The average Bonchev–Trinajstić information content (AvgIpc) is 3.10. The summed E-state index contributed by atoms with van der Waals surface area (Å²) in [6.45, 7) is 1.41. The minimum absolute atomic E-state index is 0.110.